The Kier molecular flexibility index (Phi) is 4.30. The predicted molar refractivity (Wildman–Crippen MR) is 61.8 cm³/mol. The molecule has 94 valence electrons. The van der Waals surface area contributed by atoms with E-state index in [4.69, 9.17) is 20.3 Å². The first-order valence-corrected chi connectivity index (χ1v) is 5.31. The number of nitrogens with two attached hydrogens (primary N) is 1. The molecule has 0 heterocycles. The number of methoxy groups -OCH3 is 2. The van der Waals surface area contributed by atoms with Crippen LogP contribution in [0.5, 0.6) is 11.5 Å². The lowest BCUT2D eigenvalue weighted by Crippen LogP contribution is -2.22. The van der Waals surface area contributed by atoms with E-state index < -0.39 is 17.8 Å². The summed E-state index contributed by atoms with van der Waals surface area (Å²) >= 11 is 2.95. The quantitative estimate of drug-likeness (QED) is 0.884. The van der Waals surface area contributed by atoms with Gasteiger partial charge in [-0.2, -0.15) is 0 Å². The average molecular weight is 308 g/mol. The van der Waals surface area contributed by atoms with Crippen LogP contribution in [0.15, 0.2) is 10.5 Å². The molecular formula is C10H11BrFNO4. The van der Waals surface area contributed by atoms with E-state index in [2.05, 4.69) is 15.9 Å². The number of halogens is 2. The predicted octanol–water partition coefficient (Wildman–Crippen LogP) is 1.69. The van der Waals surface area contributed by atoms with E-state index in [1.165, 1.54) is 14.2 Å². The minimum atomic E-state index is -1.41. The largest absolute Gasteiger partial charge is 0.493 e. The lowest BCUT2D eigenvalue weighted by atomic mass is 10.1. The molecule has 5 nitrogen and oxygen atoms in total. The highest BCUT2D eigenvalue weighted by Gasteiger charge is 2.27. The molecular weight excluding hydrogens is 297 g/mol. The van der Waals surface area contributed by atoms with Crippen LogP contribution in [0.3, 0.4) is 0 Å². The van der Waals surface area contributed by atoms with E-state index in [1.54, 1.807) is 0 Å². The van der Waals surface area contributed by atoms with Crippen LogP contribution in [-0.2, 0) is 4.79 Å². The van der Waals surface area contributed by atoms with Gasteiger partial charge in [0.05, 0.1) is 18.7 Å². The van der Waals surface area contributed by atoms with Crippen LogP contribution >= 0.6 is 15.9 Å². The Morgan fingerprint density at radius 1 is 1.53 bits per heavy atom. The first-order valence-electron chi connectivity index (χ1n) is 4.52. The Morgan fingerprint density at radius 2 is 2.12 bits per heavy atom. The number of rotatable bonds is 4. The van der Waals surface area contributed by atoms with Gasteiger partial charge in [0.25, 0.3) is 0 Å². The summed E-state index contributed by atoms with van der Waals surface area (Å²) < 4.78 is 23.4. The maximum atomic E-state index is 13.5. The summed E-state index contributed by atoms with van der Waals surface area (Å²) in [6.07, 6.45) is 0. The molecule has 0 bridgehead atoms. The molecule has 7 heteroatoms. The van der Waals surface area contributed by atoms with Crippen LogP contribution < -0.4 is 15.2 Å². The summed E-state index contributed by atoms with van der Waals surface area (Å²) in [5.41, 5.74) is 5.47. The fraction of sp³-hybridized carbons (Fsp3) is 0.300. The molecule has 1 unspecified atom stereocenters. The Labute approximate surface area is 105 Å². The van der Waals surface area contributed by atoms with Crippen molar-refractivity contribution in [1.29, 1.82) is 0 Å². The smallest absolute Gasteiger partial charge is 0.325 e. The van der Waals surface area contributed by atoms with E-state index in [-0.39, 0.29) is 21.5 Å². The van der Waals surface area contributed by atoms with Crippen LogP contribution in [0.4, 0.5) is 4.39 Å². The maximum absolute atomic E-state index is 13.5. The Bertz CT molecular complexity index is 452. The van der Waals surface area contributed by atoms with Crippen molar-refractivity contribution >= 4 is 21.9 Å². The van der Waals surface area contributed by atoms with Crippen molar-refractivity contribution in [2.24, 2.45) is 5.73 Å². The molecule has 17 heavy (non-hydrogen) atoms. The number of carbonyl (C=O) groups is 1. The minimum absolute atomic E-state index is 0.00292. The van der Waals surface area contributed by atoms with Crippen molar-refractivity contribution in [3.63, 3.8) is 0 Å². The molecule has 1 aromatic carbocycles. The number of aliphatic carboxylic acids is 1. The van der Waals surface area contributed by atoms with Gasteiger partial charge in [-0.1, -0.05) is 0 Å². The molecule has 0 aliphatic rings. The molecule has 0 aromatic heterocycles. The Hall–Kier alpha value is -1.34. The van der Waals surface area contributed by atoms with Crippen LogP contribution in [0.2, 0.25) is 0 Å². The molecule has 3 N–H and O–H groups in total. The third-order valence-electron chi connectivity index (χ3n) is 2.17. The first-order chi connectivity index (χ1) is 7.93. The Balaban J connectivity index is 3.53. The highest BCUT2D eigenvalue weighted by atomic mass is 79.9. The Morgan fingerprint density at radius 3 is 2.53 bits per heavy atom. The normalized spacial score (nSPS) is 12.1. The van der Waals surface area contributed by atoms with Gasteiger partial charge in [0.2, 0.25) is 0 Å². The minimum Gasteiger partial charge on any atom is -0.493 e. The van der Waals surface area contributed by atoms with E-state index >= 15 is 0 Å². The van der Waals surface area contributed by atoms with Crippen LogP contribution in [0.25, 0.3) is 0 Å². The highest BCUT2D eigenvalue weighted by molar-refractivity contribution is 9.10. The van der Waals surface area contributed by atoms with Gasteiger partial charge < -0.3 is 20.3 Å². The van der Waals surface area contributed by atoms with Crippen molar-refractivity contribution in [3.8, 4) is 11.5 Å². The number of carboxylic acid groups (broad SMARTS) is 1. The number of hydrogen-bond donors (Lipinski definition) is 2. The molecule has 1 aromatic rings. The monoisotopic (exact) mass is 307 g/mol. The molecule has 0 aliphatic heterocycles. The molecule has 0 fully saturated rings. The first kappa shape index (κ1) is 13.7. The number of hydrogen-bond acceptors (Lipinski definition) is 4. The summed E-state index contributed by atoms with van der Waals surface area (Å²) in [7, 11) is 2.64. The van der Waals surface area contributed by atoms with Gasteiger partial charge in [-0.3, -0.25) is 4.79 Å². The summed E-state index contributed by atoms with van der Waals surface area (Å²) in [5, 5.41) is 8.87. The summed E-state index contributed by atoms with van der Waals surface area (Å²) in [6.45, 7) is 0. The van der Waals surface area contributed by atoms with Gasteiger partial charge in [0, 0.05) is 11.6 Å². The van der Waals surface area contributed by atoms with Gasteiger partial charge >= 0.3 is 5.97 Å². The van der Waals surface area contributed by atoms with Crippen molar-refractivity contribution in [2.75, 3.05) is 14.2 Å². The number of benzene rings is 1. The molecule has 0 aliphatic carbocycles. The number of ether oxygens (including phenoxy) is 2. The standard InChI is InChI=1S/C10H11BrFNO4/c1-16-5-3-4(12)7(11)6(9(5)17-2)8(13)10(14)15/h3,8H,13H2,1-2H3,(H,14,15). The van der Waals surface area contributed by atoms with Crippen molar-refractivity contribution in [2.45, 2.75) is 6.04 Å². The fourth-order valence-corrected chi connectivity index (χ4v) is 1.91. The zero-order valence-corrected chi connectivity index (χ0v) is 10.7. The second-order valence-electron chi connectivity index (χ2n) is 3.14. The van der Waals surface area contributed by atoms with Crippen LogP contribution in [0, 0.1) is 5.82 Å². The lowest BCUT2D eigenvalue weighted by Gasteiger charge is -2.17. The third kappa shape index (κ3) is 2.50. The SMILES string of the molecule is COc1cc(F)c(Br)c(C(N)C(=O)O)c1OC. The summed E-state index contributed by atoms with van der Waals surface area (Å²) in [5.74, 6) is -1.79. The van der Waals surface area contributed by atoms with Gasteiger partial charge in [-0.05, 0) is 15.9 Å². The molecule has 0 saturated heterocycles. The zero-order valence-electron chi connectivity index (χ0n) is 9.16. The van der Waals surface area contributed by atoms with E-state index in [0.717, 1.165) is 6.07 Å². The zero-order chi connectivity index (χ0) is 13.2. The van der Waals surface area contributed by atoms with E-state index in [0.29, 0.717) is 0 Å². The van der Waals surface area contributed by atoms with Crippen molar-refractivity contribution in [1.82, 2.24) is 0 Å². The fourth-order valence-electron chi connectivity index (χ4n) is 1.37. The van der Waals surface area contributed by atoms with Gasteiger partial charge in [-0.15, -0.1) is 0 Å². The van der Waals surface area contributed by atoms with Crippen LogP contribution in [-0.4, -0.2) is 25.3 Å². The molecule has 0 amide bonds. The second kappa shape index (κ2) is 5.33. The molecule has 1 atom stereocenters. The van der Waals surface area contributed by atoms with Gasteiger partial charge in [-0.25, -0.2) is 4.39 Å². The molecule has 0 spiro atoms. The van der Waals surface area contributed by atoms with Gasteiger partial charge in [0.1, 0.15) is 11.9 Å². The molecule has 0 saturated carbocycles. The third-order valence-corrected chi connectivity index (χ3v) is 2.98. The van der Waals surface area contributed by atoms with Crippen molar-refractivity contribution in [3.05, 3.63) is 21.9 Å². The topological polar surface area (TPSA) is 81.8 Å². The maximum Gasteiger partial charge on any atom is 0.325 e. The van der Waals surface area contributed by atoms with Crippen LogP contribution in [0.1, 0.15) is 11.6 Å². The van der Waals surface area contributed by atoms with E-state index in [1.807, 2.05) is 0 Å². The summed E-state index contributed by atoms with van der Waals surface area (Å²) in [4.78, 5) is 10.9. The highest BCUT2D eigenvalue weighted by Crippen LogP contribution is 2.40. The molecule has 0 radical (unpaired) electrons. The lowest BCUT2D eigenvalue weighted by molar-refractivity contribution is -0.138. The second-order valence-corrected chi connectivity index (χ2v) is 3.93. The number of carboxylic acids is 1. The van der Waals surface area contributed by atoms with Gasteiger partial charge in [0.15, 0.2) is 11.5 Å². The average Bonchev–Trinajstić information content (AvgIpc) is 2.30. The van der Waals surface area contributed by atoms with E-state index in [9.17, 15) is 9.18 Å². The summed E-state index contributed by atoms with van der Waals surface area (Å²) in [6, 6.07) is -0.329. The molecule has 1 rings (SSSR count). The van der Waals surface area contributed by atoms with Crippen molar-refractivity contribution < 1.29 is 23.8 Å².